The lowest BCUT2D eigenvalue weighted by molar-refractivity contribution is -0.137. The van der Waals surface area contributed by atoms with Crippen molar-refractivity contribution < 1.29 is 18.3 Å². The van der Waals surface area contributed by atoms with E-state index in [9.17, 15) is 18.3 Å². The van der Waals surface area contributed by atoms with Crippen LogP contribution in [0.3, 0.4) is 0 Å². The molecule has 3 rings (SSSR count). The standard InChI is InChI=1S/C23H29F3N6O/c1-12-9-19(13(2)8-17(12)15-4-6-16(33)7-5-15)30-22-29-11-18(23(24,25)26)21(32-22)31-20(28)10-14(3)27/h8-11,15-16,33H,4-7,27H2,1-3H3,(H3,28,29,30,31,32)/b14-10-. The molecule has 1 heterocycles. The van der Waals surface area contributed by atoms with Gasteiger partial charge in [-0.3, -0.25) is 0 Å². The number of aliphatic imine (C=N–C) groups is 1. The Morgan fingerprint density at radius 1 is 1.15 bits per heavy atom. The summed E-state index contributed by atoms with van der Waals surface area (Å²) in [4.78, 5) is 11.6. The maximum Gasteiger partial charge on any atom is 0.421 e. The van der Waals surface area contributed by atoms with Gasteiger partial charge in [-0.2, -0.15) is 18.2 Å². The van der Waals surface area contributed by atoms with Gasteiger partial charge < -0.3 is 21.9 Å². The fourth-order valence-electron chi connectivity index (χ4n) is 4.03. The van der Waals surface area contributed by atoms with Crippen molar-refractivity contribution in [2.45, 2.75) is 64.7 Å². The van der Waals surface area contributed by atoms with Crippen LogP contribution in [0.4, 0.5) is 30.6 Å². The lowest BCUT2D eigenvalue weighted by atomic mass is 9.80. The number of nitrogens with two attached hydrogens (primary N) is 2. The van der Waals surface area contributed by atoms with E-state index in [1.807, 2.05) is 19.9 Å². The SMILES string of the molecule is C/C(N)=C/C(N)=Nc1nc(Nc2cc(C)c(C3CCC(O)CC3)cc2C)ncc1C(F)(F)F. The number of halogens is 3. The van der Waals surface area contributed by atoms with Crippen LogP contribution in [0.25, 0.3) is 0 Å². The number of aromatic nitrogens is 2. The Labute approximate surface area is 190 Å². The number of benzene rings is 1. The van der Waals surface area contributed by atoms with Gasteiger partial charge in [0.2, 0.25) is 5.95 Å². The summed E-state index contributed by atoms with van der Waals surface area (Å²) in [6, 6.07) is 4.02. The van der Waals surface area contributed by atoms with E-state index in [-0.39, 0.29) is 17.9 Å². The van der Waals surface area contributed by atoms with E-state index in [0.29, 0.717) is 23.5 Å². The van der Waals surface area contributed by atoms with Gasteiger partial charge in [0.15, 0.2) is 5.82 Å². The van der Waals surface area contributed by atoms with Gasteiger partial charge in [0, 0.05) is 17.6 Å². The molecular formula is C23H29F3N6O. The van der Waals surface area contributed by atoms with E-state index in [2.05, 4.69) is 26.3 Å². The normalized spacial score (nSPS) is 20.1. The van der Waals surface area contributed by atoms with Crippen LogP contribution in [0.5, 0.6) is 0 Å². The Morgan fingerprint density at radius 3 is 2.42 bits per heavy atom. The zero-order valence-electron chi connectivity index (χ0n) is 18.9. The number of allylic oxidation sites excluding steroid dienone is 1. The zero-order valence-corrected chi connectivity index (χ0v) is 18.9. The number of rotatable bonds is 5. The Hall–Kier alpha value is -3.14. The van der Waals surface area contributed by atoms with Crippen LogP contribution >= 0.6 is 0 Å². The molecule has 1 aromatic carbocycles. The minimum atomic E-state index is -4.69. The van der Waals surface area contributed by atoms with Crippen molar-refractivity contribution in [3.05, 3.63) is 52.4 Å². The quantitative estimate of drug-likeness (QED) is 0.377. The third-order valence-electron chi connectivity index (χ3n) is 5.68. The summed E-state index contributed by atoms with van der Waals surface area (Å²) in [6.45, 7) is 5.46. The molecule has 0 bridgehead atoms. The number of aliphatic hydroxyl groups is 1. The topological polar surface area (TPSA) is 122 Å². The van der Waals surface area contributed by atoms with E-state index in [1.165, 1.54) is 11.6 Å². The molecule has 0 unspecified atom stereocenters. The molecule has 2 aromatic rings. The van der Waals surface area contributed by atoms with Gasteiger partial charge in [-0.05, 0) is 81.2 Å². The Bertz CT molecular complexity index is 1070. The molecule has 1 aromatic heterocycles. The van der Waals surface area contributed by atoms with E-state index < -0.39 is 17.6 Å². The molecule has 1 fully saturated rings. The van der Waals surface area contributed by atoms with Crippen molar-refractivity contribution in [2.24, 2.45) is 16.5 Å². The van der Waals surface area contributed by atoms with Crippen molar-refractivity contribution in [2.75, 3.05) is 5.32 Å². The summed E-state index contributed by atoms with van der Waals surface area (Å²) in [7, 11) is 0. The summed E-state index contributed by atoms with van der Waals surface area (Å²) in [6.07, 6.45) is 0.445. The van der Waals surface area contributed by atoms with Gasteiger partial charge in [-0.25, -0.2) is 9.98 Å². The molecule has 0 radical (unpaired) electrons. The highest BCUT2D eigenvalue weighted by molar-refractivity contribution is 5.93. The van der Waals surface area contributed by atoms with Gasteiger partial charge >= 0.3 is 6.18 Å². The van der Waals surface area contributed by atoms with Gasteiger partial charge in [0.05, 0.1) is 6.10 Å². The van der Waals surface area contributed by atoms with Crippen LogP contribution in [-0.2, 0) is 6.18 Å². The highest BCUT2D eigenvalue weighted by Gasteiger charge is 2.35. The second-order valence-electron chi connectivity index (χ2n) is 8.51. The van der Waals surface area contributed by atoms with Gasteiger partial charge in [0.1, 0.15) is 11.4 Å². The zero-order chi connectivity index (χ0) is 24.3. The number of hydrogen-bond donors (Lipinski definition) is 4. The molecule has 0 spiro atoms. The molecule has 7 nitrogen and oxygen atoms in total. The molecule has 178 valence electrons. The number of anilines is 2. The average molecular weight is 463 g/mol. The van der Waals surface area contributed by atoms with Crippen molar-refractivity contribution in [1.82, 2.24) is 9.97 Å². The van der Waals surface area contributed by atoms with Crippen LogP contribution in [0.2, 0.25) is 0 Å². The molecule has 6 N–H and O–H groups in total. The van der Waals surface area contributed by atoms with Crippen LogP contribution in [0.15, 0.2) is 35.1 Å². The second kappa shape index (κ2) is 9.78. The molecule has 1 aliphatic rings. The van der Waals surface area contributed by atoms with Crippen LogP contribution in [0.1, 0.15) is 60.8 Å². The highest BCUT2D eigenvalue weighted by atomic mass is 19.4. The molecule has 0 saturated heterocycles. The predicted molar refractivity (Wildman–Crippen MR) is 123 cm³/mol. The maximum absolute atomic E-state index is 13.4. The smallest absolute Gasteiger partial charge is 0.402 e. The molecule has 0 amide bonds. The van der Waals surface area contributed by atoms with Gasteiger partial charge in [0.25, 0.3) is 0 Å². The van der Waals surface area contributed by atoms with E-state index in [1.54, 1.807) is 6.92 Å². The number of amidine groups is 1. The molecule has 0 atom stereocenters. The molecule has 33 heavy (non-hydrogen) atoms. The lowest BCUT2D eigenvalue weighted by Crippen LogP contribution is -2.17. The average Bonchev–Trinajstić information content (AvgIpc) is 2.70. The van der Waals surface area contributed by atoms with Crippen molar-refractivity contribution in [3.63, 3.8) is 0 Å². The fraction of sp³-hybridized carbons (Fsp3) is 0.435. The van der Waals surface area contributed by atoms with Crippen molar-refractivity contribution >= 4 is 23.3 Å². The summed E-state index contributed by atoms with van der Waals surface area (Å²) in [5.74, 6) is -0.439. The number of nitrogens with zero attached hydrogens (tertiary/aromatic N) is 3. The van der Waals surface area contributed by atoms with Crippen LogP contribution in [-0.4, -0.2) is 27.0 Å². The van der Waals surface area contributed by atoms with E-state index in [0.717, 1.165) is 36.8 Å². The molecule has 1 saturated carbocycles. The Balaban J connectivity index is 1.92. The number of aryl methyl sites for hydroxylation is 2. The number of alkyl halides is 3. The van der Waals surface area contributed by atoms with Gasteiger partial charge in [-0.15, -0.1) is 0 Å². The Morgan fingerprint density at radius 2 is 1.82 bits per heavy atom. The van der Waals surface area contributed by atoms with Crippen LogP contribution < -0.4 is 16.8 Å². The third-order valence-corrected chi connectivity index (χ3v) is 5.68. The van der Waals surface area contributed by atoms with Crippen molar-refractivity contribution in [3.8, 4) is 0 Å². The maximum atomic E-state index is 13.4. The first-order chi connectivity index (χ1) is 15.4. The van der Waals surface area contributed by atoms with Crippen LogP contribution in [0, 0.1) is 13.8 Å². The summed E-state index contributed by atoms with van der Waals surface area (Å²) in [5.41, 5.74) is 14.3. The largest absolute Gasteiger partial charge is 0.421 e. The fourth-order valence-corrected chi connectivity index (χ4v) is 4.03. The molecule has 1 aliphatic carbocycles. The number of hydrogen-bond acceptors (Lipinski definition) is 6. The third kappa shape index (κ3) is 6.22. The Kier molecular flexibility index (Phi) is 7.26. The summed E-state index contributed by atoms with van der Waals surface area (Å²) < 4.78 is 40.2. The molecule has 0 aliphatic heterocycles. The summed E-state index contributed by atoms with van der Waals surface area (Å²) in [5, 5.41) is 12.8. The monoisotopic (exact) mass is 462 g/mol. The second-order valence-corrected chi connectivity index (χ2v) is 8.51. The van der Waals surface area contributed by atoms with Crippen molar-refractivity contribution in [1.29, 1.82) is 0 Å². The minimum absolute atomic E-state index is 0.0287. The highest BCUT2D eigenvalue weighted by Crippen LogP contribution is 2.38. The molecule has 10 heteroatoms. The first kappa shape index (κ1) is 24.5. The van der Waals surface area contributed by atoms with E-state index >= 15 is 0 Å². The predicted octanol–water partition coefficient (Wildman–Crippen LogP) is 4.73. The first-order valence-corrected chi connectivity index (χ1v) is 10.7. The van der Waals surface area contributed by atoms with Gasteiger partial charge in [-0.1, -0.05) is 6.07 Å². The molecular weight excluding hydrogens is 433 g/mol. The lowest BCUT2D eigenvalue weighted by Gasteiger charge is -2.27. The number of nitrogens with one attached hydrogen (secondary N) is 1. The first-order valence-electron chi connectivity index (χ1n) is 10.7. The van der Waals surface area contributed by atoms with E-state index in [4.69, 9.17) is 11.5 Å². The summed E-state index contributed by atoms with van der Waals surface area (Å²) >= 11 is 0. The minimum Gasteiger partial charge on any atom is -0.402 e. The number of aliphatic hydroxyl groups excluding tert-OH is 1.